The molecule has 170 valence electrons. The van der Waals surface area contributed by atoms with Crippen LogP contribution >= 0.6 is 0 Å². The summed E-state index contributed by atoms with van der Waals surface area (Å²) in [5.41, 5.74) is 1.60. The molecule has 0 saturated carbocycles. The lowest BCUT2D eigenvalue weighted by atomic mass is 10.1. The minimum Gasteiger partial charge on any atom is -0.489 e. The minimum absolute atomic E-state index is 0.0329. The van der Waals surface area contributed by atoms with E-state index in [2.05, 4.69) is 5.32 Å². The van der Waals surface area contributed by atoms with Crippen molar-refractivity contribution in [1.29, 1.82) is 0 Å². The highest BCUT2D eigenvalue weighted by Crippen LogP contribution is 2.28. The van der Waals surface area contributed by atoms with E-state index in [1.54, 1.807) is 6.07 Å². The molecule has 4 aromatic rings. The molecule has 0 aliphatic rings. The van der Waals surface area contributed by atoms with Crippen molar-refractivity contribution in [2.24, 2.45) is 0 Å². The first kappa shape index (κ1) is 22.5. The zero-order valence-electron chi connectivity index (χ0n) is 18.0. The van der Waals surface area contributed by atoms with Gasteiger partial charge in [0.2, 0.25) is 0 Å². The van der Waals surface area contributed by atoms with Gasteiger partial charge in [-0.05, 0) is 42.5 Å². The molecule has 1 N–H and O–H groups in total. The van der Waals surface area contributed by atoms with Crippen LogP contribution in [-0.2, 0) is 21.5 Å². The number of fused-ring (bicyclic) bond motifs is 1. The number of benzene rings is 3. The molecular weight excluding hydrogens is 444 g/mol. The molecule has 8 nitrogen and oxygen atoms in total. The van der Waals surface area contributed by atoms with E-state index in [0.717, 1.165) is 9.85 Å². The standard InChI is InChI=1S/C24H22N2O6S/c1-26(30-2)33(28,29)19-14-12-17(13-15-19)25-24(27)23-21(16-31-18-8-4-3-5-9-18)20-10-6-7-11-22(20)32-23/h3-15H,16H2,1-2H3,(H,25,27). The number of hydroxylamine groups is 1. The van der Waals surface area contributed by atoms with Crippen molar-refractivity contribution in [3.05, 3.63) is 90.2 Å². The van der Waals surface area contributed by atoms with Crippen molar-refractivity contribution >= 4 is 32.6 Å². The van der Waals surface area contributed by atoms with Gasteiger partial charge in [0.1, 0.15) is 17.9 Å². The Morgan fingerprint density at radius 3 is 2.33 bits per heavy atom. The molecule has 0 saturated heterocycles. The van der Waals surface area contributed by atoms with E-state index in [9.17, 15) is 13.2 Å². The highest BCUT2D eigenvalue weighted by atomic mass is 32.2. The van der Waals surface area contributed by atoms with Crippen molar-refractivity contribution in [2.75, 3.05) is 19.5 Å². The maximum atomic E-state index is 13.0. The summed E-state index contributed by atoms with van der Waals surface area (Å²) in [5, 5.41) is 3.53. The van der Waals surface area contributed by atoms with Gasteiger partial charge in [-0.3, -0.25) is 9.63 Å². The number of ether oxygens (including phenoxy) is 1. The number of amides is 1. The first-order valence-corrected chi connectivity index (χ1v) is 11.5. The molecule has 0 atom stereocenters. The first-order valence-electron chi connectivity index (χ1n) is 10.0. The molecule has 0 radical (unpaired) electrons. The van der Waals surface area contributed by atoms with Crippen LogP contribution in [0.5, 0.6) is 5.75 Å². The highest BCUT2D eigenvalue weighted by molar-refractivity contribution is 7.89. The summed E-state index contributed by atoms with van der Waals surface area (Å²) >= 11 is 0. The lowest BCUT2D eigenvalue weighted by molar-refractivity contribution is -0.0258. The predicted molar refractivity (Wildman–Crippen MR) is 123 cm³/mol. The van der Waals surface area contributed by atoms with Crippen LogP contribution in [0.3, 0.4) is 0 Å². The number of hydrogen-bond donors (Lipinski definition) is 1. The van der Waals surface area contributed by atoms with Gasteiger partial charge in [0.25, 0.3) is 15.9 Å². The summed E-state index contributed by atoms with van der Waals surface area (Å²) in [6.45, 7) is 0.143. The summed E-state index contributed by atoms with van der Waals surface area (Å²) in [7, 11) is -1.22. The SMILES string of the molecule is CON(C)S(=O)(=O)c1ccc(NC(=O)c2oc3ccccc3c2COc2ccccc2)cc1. The average Bonchev–Trinajstić information content (AvgIpc) is 3.22. The molecule has 3 aromatic carbocycles. The Balaban J connectivity index is 1.58. The molecule has 1 heterocycles. The third kappa shape index (κ3) is 4.75. The van der Waals surface area contributed by atoms with Gasteiger partial charge < -0.3 is 14.5 Å². The number of para-hydroxylation sites is 2. The van der Waals surface area contributed by atoms with E-state index in [-0.39, 0.29) is 17.3 Å². The molecule has 0 spiro atoms. The molecule has 33 heavy (non-hydrogen) atoms. The van der Waals surface area contributed by atoms with E-state index in [0.29, 0.717) is 22.6 Å². The molecule has 1 amide bonds. The molecule has 0 aliphatic carbocycles. The monoisotopic (exact) mass is 466 g/mol. The van der Waals surface area contributed by atoms with Crippen molar-refractivity contribution in [2.45, 2.75) is 11.5 Å². The van der Waals surface area contributed by atoms with E-state index in [4.69, 9.17) is 14.0 Å². The molecule has 4 rings (SSSR count). The van der Waals surface area contributed by atoms with E-state index >= 15 is 0 Å². The Morgan fingerprint density at radius 2 is 1.64 bits per heavy atom. The van der Waals surface area contributed by atoms with Gasteiger partial charge in [-0.25, -0.2) is 8.42 Å². The molecule has 9 heteroatoms. The maximum absolute atomic E-state index is 13.0. The van der Waals surface area contributed by atoms with Crippen LogP contribution < -0.4 is 10.1 Å². The predicted octanol–water partition coefficient (Wildman–Crippen LogP) is 4.45. The summed E-state index contributed by atoms with van der Waals surface area (Å²) < 4.78 is 37.1. The lowest BCUT2D eigenvalue weighted by Crippen LogP contribution is -2.25. The van der Waals surface area contributed by atoms with Crippen LogP contribution in [0, 0.1) is 0 Å². The largest absolute Gasteiger partial charge is 0.489 e. The Morgan fingerprint density at radius 1 is 0.970 bits per heavy atom. The summed E-state index contributed by atoms with van der Waals surface area (Å²) in [6.07, 6.45) is 0. The van der Waals surface area contributed by atoms with Crippen molar-refractivity contribution in [1.82, 2.24) is 4.47 Å². The Labute approximate surface area is 191 Å². The van der Waals surface area contributed by atoms with Gasteiger partial charge in [0.15, 0.2) is 5.76 Å². The quantitative estimate of drug-likeness (QED) is 0.386. The van der Waals surface area contributed by atoms with Crippen LogP contribution in [0.15, 0.2) is 88.2 Å². The second-order valence-corrected chi connectivity index (χ2v) is 9.02. The van der Waals surface area contributed by atoms with Crippen LogP contribution in [0.4, 0.5) is 5.69 Å². The Hall–Kier alpha value is -3.66. The number of nitrogens with zero attached hydrogens (tertiary/aromatic N) is 1. The minimum atomic E-state index is -3.78. The summed E-state index contributed by atoms with van der Waals surface area (Å²) in [5.74, 6) is 0.331. The molecule has 0 unspecified atom stereocenters. The van der Waals surface area contributed by atoms with Gasteiger partial charge in [0, 0.05) is 23.7 Å². The Bertz CT molecular complexity index is 1370. The summed E-state index contributed by atoms with van der Waals surface area (Å²) in [4.78, 5) is 17.8. The fourth-order valence-electron chi connectivity index (χ4n) is 3.24. The number of nitrogens with one attached hydrogen (secondary N) is 1. The topological polar surface area (TPSA) is 98.1 Å². The van der Waals surface area contributed by atoms with E-state index < -0.39 is 15.9 Å². The lowest BCUT2D eigenvalue weighted by Gasteiger charge is -2.14. The number of anilines is 1. The smallest absolute Gasteiger partial charge is 0.291 e. The maximum Gasteiger partial charge on any atom is 0.291 e. The average molecular weight is 467 g/mol. The number of rotatable bonds is 8. The van der Waals surface area contributed by atoms with Crippen LogP contribution in [0.2, 0.25) is 0 Å². The van der Waals surface area contributed by atoms with Crippen molar-refractivity contribution in [3.63, 3.8) is 0 Å². The molecule has 1 aromatic heterocycles. The van der Waals surface area contributed by atoms with Gasteiger partial charge in [-0.1, -0.05) is 40.9 Å². The van der Waals surface area contributed by atoms with Crippen molar-refractivity contribution in [3.8, 4) is 5.75 Å². The third-order valence-corrected chi connectivity index (χ3v) is 6.73. The summed E-state index contributed by atoms with van der Waals surface area (Å²) in [6, 6.07) is 22.4. The normalized spacial score (nSPS) is 11.6. The molecular formula is C24H22N2O6S. The number of furan rings is 1. The van der Waals surface area contributed by atoms with Crippen LogP contribution in [-0.4, -0.2) is 33.0 Å². The molecule has 0 aliphatic heterocycles. The zero-order valence-corrected chi connectivity index (χ0v) is 18.8. The van der Waals surface area contributed by atoms with Crippen LogP contribution in [0.1, 0.15) is 16.1 Å². The van der Waals surface area contributed by atoms with Gasteiger partial charge in [-0.15, -0.1) is 0 Å². The third-order valence-electron chi connectivity index (χ3n) is 5.04. The molecule has 0 fully saturated rings. The second-order valence-electron chi connectivity index (χ2n) is 7.08. The number of carbonyl (C=O) groups is 1. The Kier molecular flexibility index (Phi) is 6.45. The highest BCUT2D eigenvalue weighted by Gasteiger charge is 2.23. The zero-order chi connectivity index (χ0) is 23.4. The first-order chi connectivity index (χ1) is 15.9. The number of carbonyl (C=O) groups excluding carboxylic acids is 1. The van der Waals surface area contributed by atoms with Gasteiger partial charge in [0.05, 0.1) is 12.0 Å². The fourth-order valence-corrected chi connectivity index (χ4v) is 4.22. The fraction of sp³-hybridized carbons (Fsp3) is 0.125. The number of hydrogen-bond acceptors (Lipinski definition) is 6. The number of sulfonamides is 1. The van der Waals surface area contributed by atoms with Gasteiger partial charge >= 0.3 is 0 Å². The van der Waals surface area contributed by atoms with E-state index in [1.165, 1.54) is 38.4 Å². The second kappa shape index (κ2) is 9.45. The van der Waals surface area contributed by atoms with Crippen LogP contribution in [0.25, 0.3) is 11.0 Å². The van der Waals surface area contributed by atoms with Crippen molar-refractivity contribution < 1.29 is 27.2 Å². The van der Waals surface area contributed by atoms with Gasteiger partial charge in [-0.2, -0.15) is 0 Å². The molecule has 0 bridgehead atoms. The van der Waals surface area contributed by atoms with E-state index in [1.807, 2.05) is 48.5 Å².